The number of rotatable bonds is 13. The molecule has 20 nitrogen and oxygen atoms in total. The molecular weight excluding hydrogens is 1030 g/mol. The third kappa shape index (κ3) is 11.2. The minimum atomic E-state index is -3.11. The monoisotopic (exact) mass is 1100 g/mol. The lowest BCUT2D eigenvalue weighted by atomic mass is 9.61. The zero-order valence-corrected chi connectivity index (χ0v) is 44.9. The van der Waals surface area contributed by atoms with E-state index in [1.807, 2.05) is 25.2 Å². The molecule has 5 aliphatic rings. The third-order valence-electron chi connectivity index (χ3n) is 16.2. The summed E-state index contributed by atoms with van der Waals surface area (Å²) in [6, 6.07) is 11.1. The second-order valence-electron chi connectivity index (χ2n) is 21.6. The minimum absolute atomic E-state index is 0.0494. The summed E-state index contributed by atoms with van der Waals surface area (Å²) in [4.78, 5) is 62.2. The van der Waals surface area contributed by atoms with E-state index in [2.05, 4.69) is 22.2 Å². The van der Waals surface area contributed by atoms with E-state index in [4.69, 9.17) is 36.1 Å². The summed E-state index contributed by atoms with van der Waals surface area (Å²) >= 11 is 0. The van der Waals surface area contributed by atoms with Crippen LogP contribution >= 0.6 is 0 Å². The maximum Gasteiger partial charge on any atom is 0.308 e. The van der Waals surface area contributed by atoms with Crippen LogP contribution in [0.3, 0.4) is 0 Å². The van der Waals surface area contributed by atoms with Gasteiger partial charge in [-0.15, -0.1) is 0 Å². The topological polar surface area (TPSA) is 349 Å². The summed E-state index contributed by atoms with van der Waals surface area (Å²) in [5, 5.41) is 85.9. The highest BCUT2D eigenvalue weighted by Crippen LogP contribution is 2.53. The molecule has 20 heteroatoms. The highest BCUT2D eigenvalue weighted by atomic mass is 16.7. The van der Waals surface area contributed by atoms with Crippen LogP contribution in [-0.4, -0.2) is 135 Å². The van der Waals surface area contributed by atoms with E-state index >= 15 is 9.59 Å². The molecule has 4 aromatic carbocycles. The standard InChI is InChI=1S/C60H69N5O15/c1-30-55(73)60(75,76)56(77-21-20-65-58(62)63)57(78-30)80-54-42-9-5-8-39(61)17-18-40(69)23-33-7-4-6-32(22-33)11-19-41-45(79-31(2)68)25-37(28-66)46-47(41)53(72)48(42)49(52(46)71)51(70)43(54)24-36-13-12-35-14-16-38-15-10-34(27-64-3)26-59(38,74)50(35)44(36)29-67/h4,6-7,11-13,19,22,25,29-30,34,38-40,55-57,64,66,69-70,73-76H,9-10,14-18,20-21,23-24,26-28,61H2,1-3H3,(H4,62,63,65)/b19-11+/t30-,34+,38-,39-,40+,55+,56-,57+,59-/m0/s1. The minimum Gasteiger partial charge on any atom is -0.507 e. The maximum atomic E-state index is 16.0. The van der Waals surface area contributed by atoms with Crippen molar-refractivity contribution in [3.63, 3.8) is 0 Å². The van der Waals surface area contributed by atoms with Gasteiger partial charge in [0.2, 0.25) is 12.1 Å². The van der Waals surface area contributed by atoms with E-state index in [9.17, 15) is 45.3 Å². The number of carbonyl (C=O) groups is 4. The molecule has 1 aliphatic heterocycles. The van der Waals surface area contributed by atoms with Crippen LogP contribution in [0.5, 0.6) is 17.2 Å². The Hall–Kier alpha value is -6.87. The van der Waals surface area contributed by atoms with Gasteiger partial charge in [0.05, 0.1) is 49.2 Å². The number of guanidine groups is 1. The molecule has 0 radical (unpaired) electrons. The molecule has 2 fully saturated rings. The largest absolute Gasteiger partial charge is 0.507 e. The van der Waals surface area contributed by atoms with Crippen LogP contribution in [0.25, 0.3) is 12.2 Å². The molecule has 80 heavy (non-hydrogen) atoms. The molecule has 9 atom stereocenters. The molecular formula is C60H69N5O15. The van der Waals surface area contributed by atoms with Crippen molar-refractivity contribution in [3.8, 4) is 29.1 Å². The highest BCUT2D eigenvalue weighted by molar-refractivity contribution is 6.32. The van der Waals surface area contributed by atoms with Crippen LogP contribution in [-0.2, 0) is 52.2 Å². The van der Waals surface area contributed by atoms with Gasteiger partial charge in [-0.1, -0.05) is 54.3 Å². The zero-order chi connectivity index (χ0) is 57.4. The third-order valence-corrected chi connectivity index (χ3v) is 16.2. The fourth-order valence-electron chi connectivity index (χ4n) is 12.5. The number of aliphatic hydroxyl groups is 6. The number of hydrogen-bond acceptors (Lipinski definition) is 18. The van der Waals surface area contributed by atoms with Crippen LogP contribution < -0.4 is 32.0 Å². The van der Waals surface area contributed by atoms with Crippen molar-refractivity contribution in [2.45, 2.75) is 133 Å². The van der Waals surface area contributed by atoms with E-state index in [0.29, 0.717) is 49.6 Å². The first kappa shape index (κ1) is 57.8. The Morgan fingerprint density at radius 1 is 0.975 bits per heavy atom. The van der Waals surface area contributed by atoms with Gasteiger partial charge in [0.1, 0.15) is 23.4 Å². The fourth-order valence-corrected chi connectivity index (χ4v) is 12.5. The van der Waals surface area contributed by atoms with Gasteiger partial charge >= 0.3 is 5.97 Å². The summed E-state index contributed by atoms with van der Waals surface area (Å²) in [6.07, 6.45) is -1.32. The Labute approximate surface area is 462 Å². The van der Waals surface area contributed by atoms with E-state index in [-0.39, 0.29) is 106 Å². The van der Waals surface area contributed by atoms with Crippen LogP contribution in [0.15, 0.2) is 47.5 Å². The molecule has 1 saturated carbocycles. The number of fused-ring (bicyclic) bond motifs is 5. The van der Waals surface area contributed by atoms with Crippen molar-refractivity contribution in [1.29, 1.82) is 0 Å². The van der Waals surface area contributed by atoms with Crippen LogP contribution in [0.4, 0.5) is 0 Å². The van der Waals surface area contributed by atoms with Gasteiger partial charge in [-0.25, -0.2) is 0 Å². The van der Waals surface area contributed by atoms with E-state index in [1.54, 1.807) is 24.3 Å². The van der Waals surface area contributed by atoms with Crippen molar-refractivity contribution in [1.82, 2.24) is 5.32 Å². The summed E-state index contributed by atoms with van der Waals surface area (Å²) < 4.78 is 24.6. The number of nitrogens with zero attached hydrogens (tertiary/aromatic N) is 1. The Kier molecular flexibility index (Phi) is 17.1. The first-order valence-corrected chi connectivity index (χ1v) is 27.0. The molecule has 4 aromatic rings. The number of benzene rings is 4. The van der Waals surface area contributed by atoms with E-state index < -0.39 is 102 Å². The molecule has 9 rings (SSSR count). The van der Waals surface area contributed by atoms with Crippen molar-refractivity contribution in [2.75, 3.05) is 26.7 Å². The molecule has 14 N–H and O–H groups in total. The summed E-state index contributed by atoms with van der Waals surface area (Å²) in [5.41, 5.74) is 17.1. The number of nitrogens with two attached hydrogens (primary N) is 3. The molecule has 0 spiro atoms. The second kappa shape index (κ2) is 23.7. The lowest BCUT2D eigenvalue weighted by Gasteiger charge is -2.48. The number of carbonyl (C=O) groups excluding carboxylic acids is 4. The smallest absolute Gasteiger partial charge is 0.308 e. The Morgan fingerprint density at radius 3 is 2.48 bits per heavy atom. The number of aryl methyl sites for hydroxylation is 1. The molecule has 1 saturated heterocycles. The highest BCUT2D eigenvalue weighted by Gasteiger charge is 2.56. The Balaban J connectivity index is 1.34. The molecule has 0 unspecified atom stereocenters. The van der Waals surface area contributed by atoms with Crippen LogP contribution in [0, 0.1) is 23.7 Å². The van der Waals surface area contributed by atoms with E-state index in [1.165, 1.54) is 19.1 Å². The zero-order valence-electron chi connectivity index (χ0n) is 44.9. The number of phenols is 1. The lowest BCUT2D eigenvalue weighted by molar-refractivity contribution is -0.378. The second-order valence-corrected chi connectivity index (χ2v) is 21.6. The molecule has 1 heterocycles. The van der Waals surface area contributed by atoms with Gasteiger partial charge in [-0.2, -0.15) is 0 Å². The number of ether oxygens (including phenoxy) is 4. The van der Waals surface area contributed by atoms with Crippen molar-refractivity contribution in [3.05, 3.63) is 120 Å². The van der Waals surface area contributed by atoms with Gasteiger partial charge in [-0.3, -0.25) is 24.2 Å². The van der Waals surface area contributed by atoms with Gasteiger partial charge in [0, 0.05) is 58.7 Å². The number of ketones is 2. The molecule has 424 valence electrons. The number of aliphatic imine (C=N–C) groups is 1. The van der Waals surface area contributed by atoms with Gasteiger partial charge < -0.3 is 77.2 Å². The number of aliphatic hydroxyl groups excluding tert-OH is 3. The van der Waals surface area contributed by atoms with Gasteiger partial charge in [-0.05, 0) is 129 Å². The summed E-state index contributed by atoms with van der Waals surface area (Å²) in [7, 11) is 1.84. The number of hydrogen-bond donors (Lipinski definition) is 11. The van der Waals surface area contributed by atoms with Gasteiger partial charge in [0.15, 0.2) is 29.9 Å². The van der Waals surface area contributed by atoms with Crippen molar-refractivity contribution in [2.24, 2.45) is 34.0 Å². The molecule has 4 bridgehead atoms. The quantitative estimate of drug-likeness (QED) is 0.0118. The van der Waals surface area contributed by atoms with Crippen molar-refractivity contribution >= 4 is 41.9 Å². The number of nitrogens with one attached hydrogen (secondary N) is 1. The predicted octanol–water partition coefficient (Wildman–Crippen LogP) is 2.32. The van der Waals surface area contributed by atoms with Crippen molar-refractivity contribution < 1.29 is 73.9 Å². The van der Waals surface area contributed by atoms with E-state index in [0.717, 1.165) is 24.5 Å². The Bertz CT molecular complexity index is 3230. The van der Waals surface area contributed by atoms with Gasteiger partial charge in [0.25, 0.3) is 0 Å². The first-order chi connectivity index (χ1) is 38.2. The lowest BCUT2D eigenvalue weighted by Crippen LogP contribution is -2.67. The van der Waals surface area contributed by atoms with Crippen LogP contribution in [0.2, 0.25) is 0 Å². The van der Waals surface area contributed by atoms with Crippen LogP contribution in [0.1, 0.15) is 145 Å². The number of aldehydes is 1. The first-order valence-electron chi connectivity index (χ1n) is 27.0. The number of phenolic OH excluding ortho intramolecular Hbond substituents is 1. The molecule has 4 aliphatic carbocycles. The maximum absolute atomic E-state index is 16.0. The summed E-state index contributed by atoms with van der Waals surface area (Å²) in [5.74, 6) is -1.50. The average molecular weight is 1100 g/mol. The normalized spacial score (nSPS) is 26.3. The number of esters is 1. The number of aromatic hydroxyl groups is 1. The Morgan fingerprint density at radius 2 is 1.75 bits per heavy atom. The SMILES string of the molecule is CNC[C@@H]1CC[C@H]2CCc3ccc(Cc4c(O)c5c6c(c4O[C@H]4O[C@@H](C)[C@@H](O)C(O)(O)[C@H]4OCCN=C(N)N)CC#C[C@H](N)CC[C@@H](O)Cc4cccc(c4)/C=C/c4c(OC(C)=O)cc(CO)c(c4C6=O)C5=O)c(C=O)c3[C@]2(O)C1. The average Bonchev–Trinajstić information content (AvgIpc) is 3.61. The predicted molar refractivity (Wildman–Crippen MR) is 293 cm³/mol. The molecule has 0 aromatic heterocycles. The summed E-state index contributed by atoms with van der Waals surface area (Å²) in [6.45, 7) is 1.69. The fraction of sp³-hybridized carbons (Fsp3) is 0.450. The molecule has 0 amide bonds.